The summed E-state index contributed by atoms with van der Waals surface area (Å²) in [6, 6.07) is 16.7. The van der Waals surface area contributed by atoms with Crippen LogP contribution in [0.15, 0.2) is 60.9 Å². The Balaban J connectivity index is 1.91. The van der Waals surface area contributed by atoms with E-state index in [1.54, 1.807) is 0 Å². The molecule has 0 fully saturated rings. The van der Waals surface area contributed by atoms with Gasteiger partial charge in [-0.1, -0.05) is 42.0 Å². The predicted octanol–water partition coefficient (Wildman–Crippen LogP) is 4.43. The highest BCUT2D eigenvalue weighted by Crippen LogP contribution is 2.22. The molecule has 0 aliphatic rings. The molecule has 98 valence electrons. The summed E-state index contributed by atoms with van der Waals surface area (Å²) in [6.07, 6.45) is 3.79. The van der Waals surface area contributed by atoms with Crippen molar-refractivity contribution in [1.82, 2.24) is 9.97 Å². The van der Waals surface area contributed by atoms with Crippen LogP contribution in [0.1, 0.15) is 11.3 Å². The van der Waals surface area contributed by atoms with Crippen LogP contribution >= 0.6 is 0 Å². The highest BCUT2D eigenvalue weighted by molar-refractivity contribution is 5.66. The molecule has 2 heterocycles. The first-order valence-corrected chi connectivity index (χ1v) is 6.68. The summed E-state index contributed by atoms with van der Waals surface area (Å²) < 4.78 is 0. The number of pyridine rings is 2. The van der Waals surface area contributed by atoms with Gasteiger partial charge in [0.1, 0.15) is 0 Å². The van der Waals surface area contributed by atoms with Crippen LogP contribution in [0.4, 0.5) is 0 Å². The molecule has 3 aromatic rings. The molecule has 0 radical (unpaired) electrons. The Bertz CT molecular complexity index is 631. The summed E-state index contributed by atoms with van der Waals surface area (Å²) in [4.78, 5) is 8.87. The maximum Gasteiger partial charge on any atom is 0.0702 e. The third-order valence-electron chi connectivity index (χ3n) is 3.36. The number of benzene rings is 1. The van der Waals surface area contributed by atoms with Crippen LogP contribution in [0, 0.1) is 13.8 Å². The normalized spacial score (nSPS) is 10.5. The van der Waals surface area contributed by atoms with Crippen LogP contribution in [0.3, 0.4) is 0 Å². The minimum absolute atomic E-state index is 0.994. The zero-order valence-corrected chi connectivity index (χ0v) is 11.7. The van der Waals surface area contributed by atoms with Gasteiger partial charge in [0.15, 0.2) is 0 Å². The van der Waals surface area contributed by atoms with Crippen molar-refractivity contribution in [1.29, 1.82) is 0 Å². The third-order valence-corrected chi connectivity index (χ3v) is 3.36. The number of aromatic nitrogens is 2. The second-order valence-electron chi connectivity index (χ2n) is 4.99. The molecule has 1 aromatic carbocycles. The van der Waals surface area contributed by atoms with Crippen LogP contribution in [0.25, 0.3) is 22.4 Å². The highest BCUT2D eigenvalue weighted by atomic mass is 14.7. The topological polar surface area (TPSA) is 25.8 Å². The molecule has 0 amide bonds. The molecule has 0 saturated heterocycles. The summed E-state index contributed by atoms with van der Waals surface area (Å²) in [5, 5.41) is 0. The van der Waals surface area contributed by atoms with Gasteiger partial charge in [0, 0.05) is 34.8 Å². The zero-order valence-electron chi connectivity index (χ0n) is 11.7. The van der Waals surface area contributed by atoms with E-state index in [4.69, 9.17) is 0 Å². The van der Waals surface area contributed by atoms with Gasteiger partial charge in [-0.05, 0) is 26.0 Å². The first-order valence-electron chi connectivity index (χ1n) is 6.68. The van der Waals surface area contributed by atoms with E-state index in [0.717, 1.165) is 28.1 Å². The molecule has 20 heavy (non-hydrogen) atoms. The fraction of sp³-hybridized carbons (Fsp3) is 0.111. The lowest BCUT2D eigenvalue weighted by Crippen LogP contribution is -1.87. The maximum atomic E-state index is 4.55. The van der Waals surface area contributed by atoms with Gasteiger partial charge in [0.25, 0.3) is 0 Å². The summed E-state index contributed by atoms with van der Waals surface area (Å²) in [5.41, 5.74) is 6.61. The van der Waals surface area contributed by atoms with Gasteiger partial charge >= 0.3 is 0 Å². The Morgan fingerprint density at radius 2 is 1.20 bits per heavy atom. The van der Waals surface area contributed by atoms with Gasteiger partial charge in [-0.3, -0.25) is 9.97 Å². The third kappa shape index (κ3) is 2.59. The average Bonchev–Trinajstić information content (AvgIpc) is 2.49. The van der Waals surface area contributed by atoms with Crippen LogP contribution in [-0.2, 0) is 0 Å². The van der Waals surface area contributed by atoms with Crippen molar-refractivity contribution in [2.75, 3.05) is 0 Å². The molecule has 0 saturated carbocycles. The van der Waals surface area contributed by atoms with E-state index in [2.05, 4.69) is 59.4 Å². The molecule has 2 nitrogen and oxygen atoms in total. The molecule has 0 aliphatic heterocycles. The SMILES string of the molecule is Cc1ccc(-c2ccc(-c3ccc(C)nc3)cn2)cc1. The molecule has 3 rings (SSSR count). The lowest BCUT2D eigenvalue weighted by atomic mass is 10.1. The minimum Gasteiger partial charge on any atom is -0.261 e. The molecule has 2 heteroatoms. The van der Waals surface area contributed by atoms with Crippen LogP contribution in [0.2, 0.25) is 0 Å². The largest absolute Gasteiger partial charge is 0.261 e. The first-order chi connectivity index (χ1) is 9.72. The Hall–Kier alpha value is -2.48. The number of aryl methyl sites for hydroxylation is 2. The van der Waals surface area contributed by atoms with Crippen molar-refractivity contribution in [3.63, 3.8) is 0 Å². The fourth-order valence-corrected chi connectivity index (χ4v) is 2.10. The molecule has 0 spiro atoms. The van der Waals surface area contributed by atoms with E-state index in [0.29, 0.717) is 0 Å². The summed E-state index contributed by atoms with van der Waals surface area (Å²) >= 11 is 0. The van der Waals surface area contributed by atoms with Gasteiger partial charge in [-0.25, -0.2) is 0 Å². The van der Waals surface area contributed by atoms with E-state index < -0.39 is 0 Å². The van der Waals surface area contributed by atoms with Gasteiger partial charge in [-0.2, -0.15) is 0 Å². The van der Waals surface area contributed by atoms with E-state index in [-0.39, 0.29) is 0 Å². The van der Waals surface area contributed by atoms with Gasteiger partial charge in [-0.15, -0.1) is 0 Å². The van der Waals surface area contributed by atoms with Crippen molar-refractivity contribution in [3.05, 3.63) is 72.2 Å². The average molecular weight is 260 g/mol. The fourth-order valence-electron chi connectivity index (χ4n) is 2.10. The highest BCUT2D eigenvalue weighted by Gasteiger charge is 2.02. The van der Waals surface area contributed by atoms with Crippen LogP contribution in [0.5, 0.6) is 0 Å². The Morgan fingerprint density at radius 1 is 0.600 bits per heavy atom. The Morgan fingerprint density at radius 3 is 1.75 bits per heavy atom. The minimum atomic E-state index is 0.994. The zero-order chi connectivity index (χ0) is 13.9. The lowest BCUT2D eigenvalue weighted by molar-refractivity contribution is 1.20. The second-order valence-corrected chi connectivity index (χ2v) is 4.99. The van der Waals surface area contributed by atoms with Crippen molar-refractivity contribution in [2.45, 2.75) is 13.8 Å². The first kappa shape index (κ1) is 12.5. The number of hydrogen-bond donors (Lipinski definition) is 0. The summed E-state index contributed by atoms with van der Waals surface area (Å²) in [6.45, 7) is 4.08. The van der Waals surface area contributed by atoms with E-state index in [9.17, 15) is 0 Å². The standard InChI is InChI=1S/C18H16N2/c1-13-3-6-15(7-4-13)18-10-9-17(12-20-18)16-8-5-14(2)19-11-16/h3-12H,1-2H3. The predicted molar refractivity (Wildman–Crippen MR) is 82.4 cm³/mol. The molecule has 0 N–H and O–H groups in total. The number of nitrogens with zero attached hydrogens (tertiary/aromatic N) is 2. The van der Waals surface area contributed by atoms with Crippen molar-refractivity contribution in [2.24, 2.45) is 0 Å². The maximum absolute atomic E-state index is 4.55. The van der Waals surface area contributed by atoms with Crippen molar-refractivity contribution >= 4 is 0 Å². The van der Waals surface area contributed by atoms with E-state index in [1.165, 1.54) is 5.56 Å². The smallest absolute Gasteiger partial charge is 0.0702 e. The number of rotatable bonds is 2. The molecule has 0 unspecified atom stereocenters. The summed E-state index contributed by atoms with van der Waals surface area (Å²) in [7, 11) is 0. The Kier molecular flexibility index (Phi) is 3.30. The van der Waals surface area contributed by atoms with E-state index in [1.807, 2.05) is 25.4 Å². The molecular weight excluding hydrogens is 244 g/mol. The molecule has 0 aliphatic carbocycles. The molecular formula is C18H16N2. The molecule has 2 aromatic heterocycles. The van der Waals surface area contributed by atoms with Gasteiger partial charge < -0.3 is 0 Å². The second kappa shape index (κ2) is 5.25. The quantitative estimate of drug-likeness (QED) is 0.681. The Labute approximate surface area is 119 Å². The van der Waals surface area contributed by atoms with E-state index >= 15 is 0 Å². The van der Waals surface area contributed by atoms with Crippen molar-refractivity contribution in [3.8, 4) is 22.4 Å². The van der Waals surface area contributed by atoms with Crippen LogP contribution < -0.4 is 0 Å². The van der Waals surface area contributed by atoms with Gasteiger partial charge in [0.05, 0.1) is 5.69 Å². The molecule has 0 bridgehead atoms. The summed E-state index contributed by atoms with van der Waals surface area (Å²) in [5.74, 6) is 0. The molecule has 0 atom stereocenters. The van der Waals surface area contributed by atoms with Crippen LogP contribution in [-0.4, -0.2) is 9.97 Å². The van der Waals surface area contributed by atoms with Gasteiger partial charge in [0.2, 0.25) is 0 Å². The lowest BCUT2D eigenvalue weighted by Gasteiger charge is -2.04. The monoisotopic (exact) mass is 260 g/mol. The van der Waals surface area contributed by atoms with Crippen molar-refractivity contribution < 1.29 is 0 Å². The number of hydrogen-bond acceptors (Lipinski definition) is 2.